The van der Waals surface area contributed by atoms with Gasteiger partial charge in [0.1, 0.15) is 17.5 Å². The summed E-state index contributed by atoms with van der Waals surface area (Å²) in [4.78, 5) is 14.0. The molecule has 1 amide bonds. The van der Waals surface area contributed by atoms with E-state index >= 15 is 0 Å². The third-order valence-electron chi connectivity index (χ3n) is 6.32. The van der Waals surface area contributed by atoms with E-state index in [1.165, 1.54) is 13.0 Å². The number of benzene rings is 3. The SMILES string of the molecule is CC(=O)N1CC[C@](OCc2ccccc2F)(c2ccc(Cl)cc2)[C@@H](OCc2ccc(Cl)c(Cl)c2)C1. The molecule has 1 fully saturated rings. The van der Waals surface area contributed by atoms with Gasteiger partial charge in [0.15, 0.2) is 0 Å². The minimum Gasteiger partial charge on any atom is -0.368 e. The van der Waals surface area contributed by atoms with Crippen molar-refractivity contribution in [2.75, 3.05) is 13.1 Å². The van der Waals surface area contributed by atoms with Crippen LogP contribution in [0.3, 0.4) is 0 Å². The number of rotatable bonds is 7. The zero-order chi connectivity index (χ0) is 25.0. The van der Waals surface area contributed by atoms with Gasteiger partial charge in [0.05, 0.1) is 29.8 Å². The van der Waals surface area contributed by atoms with Crippen molar-refractivity contribution in [3.63, 3.8) is 0 Å². The smallest absolute Gasteiger partial charge is 0.219 e. The van der Waals surface area contributed by atoms with Gasteiger partial charge in [-0.15, -0.1) is 0 Å². The van der Waals surface area contributed by atoms with E-state index in [-0.39, 0.29) is 24.9 Å². The van der Waals surface area contributed by atoms with Crippen LogP contribution < -0.4 is 0 Å². The van der Waals surface area contributed by atoms with Gasteiger partial charge in [-0.2, -0.15) is 0 Å². The fourth-order valence-corrected chi connectivity index (χ4v) is 4.78. The Morgan fingerprint density at radius 2 is 1.77 bits per heavy atom. The predicted molar refractivity (Wildman–Crippen MR) is 136 cm³/mol. The summed E-state index contributed by atoms with van der Waals surface area (Å²) in [6.45, 7) is 2.59. The lowest BCUT2D eigenvalue weighted by Gasteiger charge is -2.47. The number of amides is 1. The molecule has 0 aliphatic carbocycles. The van der Waals surface area contributed by atoms with Crippen molar-refractivity contribution in [1.82, 2.24) is 4.90 Å². The molecule has 8 heteroatoms. The van der Waals surface area contributed by atoms with Crippen molar-refractivity contribution in [3.05, 3.63) is 104 Å². The Labute approximate surface area is 219 Å². The molecule has 0 radical (unpaired) electrons. The van der Waals surface area contributed by atoms with Crippen LogP contribution in [0.5, 0.6) is 0 Å². The highest BCUT2D eigenvalue weighted by Gasteiger charge is 2.47. The molecule has 1 aliphatic heterocycles. The van der Waals surface area contributed by atoms with Crippen LogP contribution in [-0.2, 0) is 33.1 Å². The number of hydrogen-bond acceptors (Lipinski definition) is 3. The minimum absolute atomic E-state index is 0.0437. The lowest BCUT2D eigenvalue weighted by atomic mass is 9.81. The summed E-state index contributed by atoms with van der Waals surface area (Å²) in [5, 5.41) is 1.48. The van der Waals surface area contributed by atoms with Crippen LogP contribution in [0.4, 0.5) is 4.39 Å². The Balaban J connectivity index is 1.69. The number of carbonyl (C=O) groups is 1. The number of carbonyl (C=O) groups excluding carboxylic acids is 1. The van der Waals surface area contributed by atoms with Gasteiger partial charge < -0.3 is 14.4 Å². The summed E-state index contributed by atoms with van der Waals surface area (Å²) in [6, 6.07) is 19.2. The van der Waals surface area contributed by atoms with E-state index in [2.05, 4.69) is 0 Å². The number of likely N-dealkylation sites (tertiary alicyclic amines) is 1. The van der Waals surface area contributed by atoms with Gasteiger partial charge in [-0.05, 0) is 41.5 Å². The van der Waals surface area contributed by atoms with Gasteiger partial charge >= 0.3 is 0 Å². The molecule has 0 N–H and O–H groups in total. The van der Waals surface area contributed by atoms with Crippen molar-refractivity contribution in [2.24, 2.45) is 0 Å². The largest absolute Gasteiger partial charge is 0.368 e. The van der Waals surface area contributed by atoms with Gasteiger partial charge in [-0.3, -0.25) is 4.79 Å². The van der Waals surface area contributed by atoms with Gasteiger partial charge in [0.2, 0.25) is 5.91 Å². The van der Waals surface area contributed by atoms with Gasteiger partial charge in [0.25, 0.3) is 0 Å². The third-order valence-corrected chi connectivity index (χ3v) is 7.31. The van der Waals surface area contributed by atoms with Crippen LogP contribution in [0.25, 0.3) is 0 Å². The maximum absolute atomic E-state index is 14.4. The van der Waals surface area contributed by atoms with E-state index < -0.39 is 11.7 Å². The Bertz CT molecular complexity index is 1190. The van der Waals surface area contributed by atoms with Crippen LogP contribution in [0, 0.1) is 5.82 Å². The second kappa shape index (κ2) is 11.3. The summed E-state index contributed by atoms with van der Waals surface area (Å²) in [6.07, 6.45) is -0.0723. The highest BCUT2D eigenvalue weighted by atomic mass is 35.5. The first kappa shape index (κ1) is 25.9. The lowest BCUT2D eigenvalue weighted by molar-refractivity contribution is -0.195. The molecule has 0 aromatic heterocycles. The summed E-state index contributed by atoms with van der Waals surface area (Å²) >= 11 is 18.4. The summed E-state index contributed by atoms with van der Waals surface area (Å²) < 4.78 is 27.4. The lowest BCUT2D eigenvalue weighted by Crippen LogP contribution is -2.56. The maximum atomic E-state index is 14.4. The van der Waals surface area contributed by atoms with E-state index in [9.17, 15) is 9.18 Å². The van der Waals surface area contributed by atoms with Crippen molar-refractivity contribution in [3.8, 4) is 0 Å². The number of piperidine rings is 1. The monoisotopic (exact) mass is 535 g/mol. The first-order chi connectivity index (χ1) is 16.8. The maximum Gasteiger partial charge on any atom is 0.219 e. The second-order valence-corrected chi connectivity index (χ2v) is 9.79. The fraction of sp³-hybridized carbons (Fsp3) is 0.296. The molecule has 0 bridgehead atoms. The van der Waals surface area contributed by atoms with E-state index in [1.807, 2.05) is 18.2 Å². The van der Waals surface area contributed by atoms with E-state index in [0.29, 0.717) is 40.1 Å². The van der Waals surface area contributed by atoms with Crippen LogP contribution in [0.2, 0.25) is 15.1 Å². The molecule has 3 aromatic carbocycles. The summed E-state index contributed by atoms with van der Waals surface area (Å²) in [7, 11) is 0. The molecule has 3 aromatic rings. The van der Waals surface area contributed by atoms with Gasteiger partial charge in [-0.1, -0.05) is 71.2 Å². The molecule has 4 nitrogen and oxygen atoms in total. The highest BCUT2D eigenvalue weighted by Crippen LogP contribution is 2.41. The first-order valence-electron chi connectivity index (χ1n) is 11.2. The first-order valence-corrected chi connectivity index (χ1v) is 12.4. The molecule has 35 heavy (non-hydrogen) atoms. The van der Waals surface area contributed by atoms with Gasteiger partial charge in [0, 0.05) is 30.5 Å². The molecule has 0 saturated carbocycles. The number of halogens is 4. The highest BCUT2D eigenvalue weighted by molar-refractivity contribution is 6.42. The predicted octanol–water partition coefficient (Wildman–Crippen LogP) is 7.04. The molecule has 0 spiro atoms. The Hall–Kier alpha value is -2.15. The van der Waals surface area contributed by atoms with E-state index in [1.54, 1.807) is 47.4 Å². The topological polar surface area (TPSA) is 38.8 Å². The molecular weight excluding hydrogens is 512 g/mol. The molecular formula is C27H25Cl3FNO3. The average Bonchev–Trinajstić information content (AvgIpc) is 2.85. The molecule has 1 aliphatic rings. The molecule has 1 saturated heterocycles. The fourth-order valence-electron chi connectivity index (χ4n) is 4.33. The van der Waals surface area contributed by atoms with E-state index in [0.717, 1.165) is 11.1 Å². The molecule has 184 valence electrons. The minimum atomic E-state index is -0.935. The molecule has 0 unspecified atom stereocenters. The van der Waals surface area contributed by atoms with Crippen molar-refractivity contribution in [1.29, 1.82) is 0 Å². The molecule has 1 heterocycles. The van der Waals surface area contributed by atoms with Crippen molar-refractivity contribution >= 4 is 40.7 Å². The quantitative estimate of drug-likeness (QED) is 0.325. The van der Waals surface area contributed by atoms with Crippen LogP contribution in [0.1, 0.15) is 30.0 Å². The van der Waals surface area contributed by atoms with E-state index in [4.69, 9.17) is 44.3 Å². The van der Waals surface area contributed by atoms with Crippen LogP contribution in [0.15, 0.2) is 66.7 Å². The standard InChI is InChI=1S/C27H25Cl3FNO3/c1-18(33)32-13-12-27(21-7-9-22(28)10-8-21,35-17-20-4-2-3-5-25(20)31)26(15-32)34-16-19-6-11-23(29)24(30)14-19/h2-11,14,26H,12-13,15-17H2,1H3/t26-,27-/m0/s1. The van der Waals surface area contributed by atoms with Gasteiger partial charge in [-0.25, -0.2) is 4.39 Å². The molecule has 4 rings (SSSR count). The van der Waals surface area contributed by atoms with Crippen LogP contribution >= 0.6 is 34.8 Å². The second-order valence-electron chi connectivity index (χ2n) is 8.54. The zero-order valence-electron chi connectivity index (χ0n) is 19.1. The normalized spacial score (nSPS) is 20.1. The Kier molecular flexibility index (Phi) is 8.35. The molecule has 2 atom stereocenters. The van der Waals surface area contributed by atoms with Crippen molar-refractivity contribution < 1.29 is 18.7 Å². The third kappa shape index (κ3) is 5.99. The number of ether oxygens (including phenoxy) is 2. The summed E-state index contributed by atoms with van der Waals surface area (Å²) in [5.74, 6) is -0.389. The summed E-state index contributed by atoms with van der Waals surface area (Å²) in [5.41, 5.74) is 1.19. The number of nitrogens with zero attached hydrogens (tertiary/aromatic N) is 1. The average molecular weight is 537 g/mol. The zero-order valence-corrected chi connectivity index (χ0v) is 21.4. The van der Waals surface area contributed by atoms with Crippen LogP contribution in [-0.4, -0.2) is 30.0 Å². The number of hydrogen-bond donors (Lipinski definition) is 0. The Morgan fingerprint density at radius 3 is 2.46 bits per heavy atom. The Morgan fingerprint density at radius 1 is 1.03 bits per heavy atom. The van der Waals surface area contributed by atoms with Crippen molar-refractivity contribution in [2.45, 2.75) is 38.3 Å².